The van der Waals surface area contributed by atoms with Gasteiger partial charge in [0.25, 0.3) is 5.91 Å². The predicted octanol–water partition coefficient (Wildman–Crippen LogP) is 5.74. The van der Waals surface area contributed by atoms with Crippen molar-refractivity contribution in [2.75, 3.05) is 0 Å². The van der Waals surface area contributed by atoms with Gasteiger partial charge >= 0.3 is 0 Å². The molecule has 0 spiro atoms. The Morgan fingerprint density at radius 1 is 1.00 bits per heavy atom. The van der Waals surface area contributed by atoms with E-state index in [-0.39, 0.29) is 17.7 Å². The van der Waals surface area contributed by atoms with Crippen LogP contribution < -0.4 is 0 Å². The number of rotatable bonds is 3. The van der Waals surface area contributed by atoms with Gasteiger partial charge in [0.1, 0.15) is 5.82 Å². The summed E-state index contributed by atoms with van der Waals surface area (Å²) in [4.78, 5) is 14.4. The van der Waals surface area contributed by atoms with E-state index in [1.54, 1.807) is 48.5 Å². The molecule has 0 saturated carbocycles. The quantitative estimate of drug-likeness (QED) is 0.518. The maximum atomic E-state index is 14.9. The molecule has 1 aliphatic heterocycles. The van der Waals surface area contributed by atoms with Crippen molar-refractivity contribution < 1.29 is 14.3 Å². The second-order valence-corrected chi connectivity index (χ2v) is 8.30. The highest BCUT2D eigenvalue weighted by Crippen LogP contribution is 2.45. The van der Waals surface area contributed by atoms with Gasteiger partial charge in [-0.05, 0) is 42.0 Å². The molecule has 1 heterocycles. The monoisotopic (exact) mass is 479 g/mol. The first-order chi connectivity index (χ1) is 13.3. The van der Waals surface area contributed by atoms with Gasteiger partial charge < -0.3 is 5.11 Å². The molecule has 0 bridgehead atoms. The third-order valence-electron chi connectivity index (χ3n) is 4.77. The van der Waals surface area contributed by atoms with Crippen molar-refractivity contribution in [1.29, 1.82) is 0 Å². The topological polar surface area (TPSA) is 40.5 Å². The molecule has 0 fully saturated rings. The summed E-state index contributed by atoms with van der Waals surface area (Å²) in [5, 5.41) is 12.7. The predicted molar refractivity (Wildman–Crippen MR) is 110 cm³/mol. The Kier molecular flexibility index (Phi) is 4.96. The second-order valence-electron chi connectivity index (χ2n) is 6.51. The zero-order valence-corrected chi connectivity index (χ0v) is 17.4. The summed E-state index contributed by atoms with van der Waals surface area (Å²) >= 11 is 15.1. The van der Waals surface area contributed by atoms with Gasteiger partial charge in [-0.3, -0.25) is 9.69 Å². The van der Waals surface area contributed by atoms with E-state index in [4.69, 9.17) is 23.2 Å². The van der Waals surface area contributed by atoms with Gasteiger partial charge in [-0.15, -0.1) is 0 Å². The van der Waals surface area contributed by atoms with Gasteiger partial charge in [-0.1, -0.05) is 63.4 Å². The first-order valence-corrected chi connectivity index (χ1v) is 9.90. The zero-order chi connectivity index (χ0) is 20.1. The smallest absolute Gasteiger partial charge is 0.257 e. The Bertz CT molecular complexity index is 1070. The lowest BCUT2D eigenvalue weighted by Gasteiger charge is -2.35. The van der Waals surface area contributed by atoms with Gasteiger partial charge in [0, 0.05) is 26.6 Å². The minimum atomic E-state index is -1.97. The minimum absolute atomic E-state index is 0.0703. The molecular formula is C21H13BrCl2FNO2. The van der Waals surface area contributed by atoms with Crippen molar-refractivity contribution in [1.82, 2.24) is 4.90 Å². The number of fused-ring (bicyclic) bond motifs is 1. The summed E-state index contributed by atoms with van der Waals surface area (Å²) < 4.78 is 15.4. The molecule has 1 N–H and O–H groups in total. The van der Waals surface area contributed by atoms with Gasteiger partial charge in [0.15, 0.2) is 5.72 Å². The zero-order valence-electron chi connectivity index (χ0n) is 14.3. The number of nitrogens with zero attached hydrogens (tertiary/aromatic N) is 1. The van der Waals surface area contributed by atoms with Gasteiger partial charge in [-0.2, -0.15) is 0 Å². The van der Waals surface area contributed by atoms with E-state index in [9.17, 15) is 14.3 Å². The van der Waals surface area contributed by atoms with E-state index in [0.29, 0.717) is 20.1 Å². The maximum absolute atomic E-state index is 14.9. The number of amides is 1. The average Bonchev–Trinajstić information content (AvgIpc) is 2.86. The summed E-state index contributed by atoms with van der Waals surface area (Å²) in [6.45, 7) is 0.0703. The van der Waals surface area contributed by atoms with Crippen molar-refractivity contribution in [3.63, 3.8) is 0 Å². The molecular weight excluding hydrogens is 468 g/mol. The number of carbonyl (C=O) groups is 1. The molecule has 1 unspecified atom stereocenters. The van der Waals surface area contributed by atoms with Crippen LogP contribution in [0.1, 0.15) is 27.0 Å². The van der Waals surface area contributed by atoms with E-state index >= 15 is 0 Å². The molecule has 0 aliphatic carbocycles. The van der Waals surface area contributed by atoms with Crippen LogP contribution in [0.15, 0.2) is 65.1 Å². The van der Waals surface area contributed by atoms with Gasteiger partial charge in [0.05, 0.1) is 11.1 Å². The first kappa shape index (κ1) is 19.4. The fraction of sp³-hybridized carbons (Fsp3) is 0.0952. The number of hydrogen-bond acceptors (Lipinski definition) is 2. The molecule has 1 aliphatic rings. The third kappa shape index (κ3) is 3.12. The number of carbonyl (C=O) groups excluding carboxylic acids is 1. The van der Waals surface area contributed by atoms with Crippen molar-refractivity contribution in [2.24, 2.45) is 0 Å². The Labute approximate surface area is 179 Å². The Morgan fingerprint density at radius 2 is 1.57 bits per heavy atom. The van der Waals surface area contributed by atoms with E-state index in [1.165, 1.54) is 17.0 Å². The Hall–Kier alpha value is -1.92. The van der Waals surface area contributed by atoms with Crippen molar-refractivity contribution >= 4 is 45.0 Å². The molecule has 0 saturated heterocycles. The lowest BCUT2D eigenvalue weighted by atomic mass is 9.93. The molecule has 4 rings (SSSR count). The molecule has 7 heteroatoms. The Balaban J connectivity index is 1.90. The van der Waals surface area contributed by atoms with Crippen LogP contribution in [0.2, 0.25) is 10.0 Å². The lowest BCUT2D eigenvalue weighted by Crippen LogP contribution is -2.44. The second kappa shape index (κ2) is 7.16. The highest BCUT2D eigenvalue weighted by Gasteiger charge is 2.51. The number of hydrogen-bond donors (Lipinski definition) is 1. The van der Waals surface area contributed by atoms with E-state index in [2.05, 4.69) is 15.9 Å². The molecule has 1 atom stereocenters. The summed E-state index contributed by atoms with van der Waals surface area (Å²) in [5.41, 5.74) is -0.839. The highest BCUT2D eigenvalue weighted by molar-refractivity contribution is 9.10. The molecule has 1 amide bonds. The first-order valence-electron chi connectivity index (χ1n) is 8.35. The van der Waals surface area contributed by atoms with Crippen molar-refractivity contribution in [3.05, 3.63) is 103 Å². The Morgan fingerprint density at radius 3 is 2.18 bits per heavy atom. The van der Waals surface area contributed by atoms with Crippen LogP contribution in [0.4, 0.5) is 4.39 Å². The minimum Gasteiger partial charge on any atom is -0.363 e. The summed E-state index contributed by atoms with van der Waals surface area (Å²) in [7, 11) is 0. The molecule has 142 valence electrons. The van der Waals surface area contributed by atoms with Crippen LogP contribution in [0.25, 0.3) is 0 Å². The standard InChI is InChI=1S/C21H13BrCl2FNO2/c22-14-9-17-19(18(25)10-14)21(28,13-3-7-16(24)8-4-13)26(20(17)27)11-12-1-5-15(23)6-2-12/h1-10,28H,11H2. The summed E-state index contributed by atoms with van der Waals surface area (Å²) in [6, 6.07) is 16.0. The van der Waals surface area contributed by atoms with Crippen LogP contribution in [0, 0.1) is 5.82 Å². The van der Waals surface area contributed by atoms with E-state index in [0.717, 1.165) is 5.56 Å². The molecule has 0 aromatic heterocycles. The SMILES string of the molecule is O=C1c2cc(Br)cc(F)c2C(O)(c2ccc(Cl)cc2)N1Cc1ccc(Cl)cc1. The van der Waals surface area contributed by atoms with Crippen molar-refractivity contribution in [2.45, 2.75) is 12.3 Å². The lowest BCUT2D eigenvalue weighted by molar-refractivity contribution is -0.0562. The van der Waals surface area contributed by atoms with Crippen LogP contribution in [0.5, 0.6) is 0 Å². The van der Waals surface area contributed by atoms with Crippen LogP contribution >= 0.6 is 39.1 Å². The molecule has 3 aromatic rings. The highest BCUT2D eigenvalue weighted by atomic mass is 79.9. The number of aliphatic hydroxyl groups is 1. The van der Waals surface area contributed by atoms with E-state index < -0.39 is 17.4 Å². The normalized spacial score (nSPS) is 18.5. The van der Waals surface area contributed by atoms with Crippen molar-refractivity contribution in [3.8, 4) is 0 Å². The van der Waals surface area contributed by atoms with Gasteiger partial charge in [0.2, 0.25) is 0 Å². The molecule has 3 nitrogen and oxygen atoms in total. The van der Waals surface area contributed by atoms with Crippen LogP contribution in [-0.2, 0) is 12.3 Å². The fourth-order valence-corrected chi connectivity index (χ4v) is 4.15. The molecule has 0 radical (unpaired) electrons. The molecule has 3 aromatic carbocycles. The molecule has 28 heavy (non-hydrogen) atoms. The largest absolute Gasteiger partial charge is 0.363 e. The summed E-state index contributed by atoms with van der Waals surface area (Å²) in [5.74, 6) is -1.14. The fourth-order valence-electron chi connectivity index (χ4n) is 3.46. The van der Waals surface area contributed by atoms with Gasteiger partial charge in [-0.25, -0.2) is 4.39 Å². The number of halogens is 4. The van der Waals surface area contributed by atoms with Crippen LogP contribution in [0.3, 0.4) is 0 Å². The maximum Gasteiger partial charge on any atom is 0.257 e. The van der Waals surface area contributed by atoms with Crippen LogP contribution in [-0.4, -0.2) is 15.9 Å². The number of benzene rings is 3. The summed E-state index contributed by atoms with van der Waals surface area (Å²) in [6.07, 6.45) is 0. The third-order valence-corrected chi connectivity index (χ3v) is 5.73. The average molecular weight is 481 g/mol. The van der Waals surface area contributed by atoms with E-state index in [1.807, 2.05) is 0 Å².